The highest BCUT2D eigenvalue weighted by Gasteiger charge is 2.14. The molecule has 5 nitrogen and oxygen atoms in total. The highest BCUT2D eigenvalue weighted by atomic mass is 32.2. The number of rotatable bonds is 2. The van der Waals surface area contributed by atoms with E-state index in [0.717, 1.165) is 6.17 Å². The standard InChI is InChI=1S/C6H14N2Si.O3S/c1-8(5-7)6-9(2,3)4;1-4(2)3/h6H2,1-4H3;. The van der Waals surface area contributed by atoms with Gasteiger partial charge in [-0.3, -0.25) is 0 Å². The summed E-state index contributed by atoms with van der Waals surface area (Å²) >= 11 is 0. The highest BCUT2D eigenvalue weighted by Crippen LogP contribution is 2.00. The maximum Gasteiger partial charge on any atom is 0.425 e. The second kappa shape index (κ2) is 6.62. The first-order valence-corrected chi connectivity index (χ1v) is 8.27. The van der Waals surface area contributed by atoms with Crippen molar-refractivity contribution in [2.24, 2.45) is 0 Å². The van der Waals surface area contributed by atoms with Gasteiger partial charge in [0.25, 0.3) is 0 Å². The third-order valence-corrected chi connectivity index (χ3v) is 2.31. The molecular formula is C6H14N2O3SSi. The Morgan fingerprint density at radius 3 is 1.69 bits per heavy atom. The third-order valence-electron chi connectivity index (χ3n) is 0.882. The van der Waals surface area contributed by atoms with Crippen LogP contribution < -0.4 is 0 Å². The van der Waals surface area contributed by atoms with Crippen molar-refractivity contribution >= 4 is 18.7 Å². The van der Waals surface area contributed by atoms with Crippen LogP contribution in [0.25, 0.3) is 0 Å². The molecule has 0 aromatic carbocycles. The fourth-order valence-electron chi connectivity index (χ4n) is 0.747. The van der Waals surface area contributed by atoms with Crippen LogP contribution in [-0.2, 0) is 10.6 Å². The molecule has 0 aliphatic carbocycles. The van der Waals surface area contributed by atoms with Crippen molar-refractivity contribution in [3.05, 3.63) is 0 Å². The van der Waals surface area contributed by atoms with Crippen LogP contribution in [0.15, 0.2) is 0 Å². The number of nitriles is 1. The molecule has 0 rings (SSSR count). The molecule has 0 spiro atoms. The van der Waals surface area contributed by atoms with E-state index in [2.05, 4.69) is 25.8 Å². The van der Waals surface area contributed by atoms with Crippen LogP contribution in [0.2, 0.25) is 19.6 Å². The Morgan fingerprint density at radius 1 is 1.31 bits per heavy atom. The molecule has 0 radical (unpaired) electrons. The maximum atomic E-state index is 8.44. The molecule has 0 heterocycles. The number of hydrogen-bond donors (Lipinski definition) is 0. The van der Waals surface area contributed by atoms with E-state index in [4.69, 9.17) is 17.9 Å². The van der Waals surface area contributed by atoms with Crippen molar-refractivity contribution in [1.82, 2.24) is 4.90 Å². The lowest BCUT2D eigenvalue weighted by molar-refractivity contribution is 0.546. The molecule has 0 atom stereocenters. The molecule has 13 heavy (non-hydrogen) atoms. The summed E-state index contributed by atoms with van der Waals surface area (Å²) in [5.41, 5.74) is 0. The molecule has 7 heteroatoms. The lowest BCUT2D eigenvalue weighted by Gasteiger charge is -2.19. The van der Waals surface area contributed by atoms with E-state index in [-0.39, 0.29) is 0 Å². The quantitative estimate of drug-likeness (QED) is 0.381. The average Bonchev–Trinajstić information content (AvgIpc) is 1.82. The second-order valence-electron chi connectivity index (χ2n) is 3.72. The van der Waals surface area contributed by atoms with Crippen molar-refractivity contribution in [3.63, 3.8) is 0 Å². The SMILES string of the molecule is CN(C#N)C[Si](C)(C)C.O=S(=O)=O. The van der Waals surface area contributed by atoms with E-state index in [1.165, 1.54) is 0 Å². The first kappa shape index (κ1) is 14.6. The van der Waals surface area contributed by atoms with Crippen LogP contribution in [0.3, 0.4) is 0 Å². The lowest BCUT2D eigenvalue weighted by atomic mass is 11.0. The first-order valence-electron chi connectivity index (χ1n) is 3.56. The van der Waals surface area contributed by atoms with Gasteiger partial charge in [-0.2, -0.15) is 5.26 Å². The minimum Gasteiger partial charge on any atom is -0.317 e. The predicted octanol–water partition coefficient (Wildman–Crippen LogP) is 0.273. The van der Waals surface area contributed by atoms with Crippen molar-refractivity contribution in [2.45, 2.75) is 19.6 Å². The smallest absolute Gasteiger partial charge is 0.317 e. The summed E-state index contributed by atoms with van der Waals surface area (Å²) in [5, 5.41) is 8.40. The molecule has 0 bridgehead atoms. The van der Waals surface area contributed by atoms with Gasteiger partial charge in [0.2, 0.25) is 0 Å². The maximum absolute atomic E-state index is 8.44. The molecule has 0 fully saturated rings. The summed E-state index contributed by atoms with van der Waals surface area (Å²) in [4.78, 5) is 1.70. The molecule has 0 unspecified atom stereocenters. The van der Waals surface area contributed by atoms with Gasteiger partial charge in [-0.1, -0.05) is 19.6 Å². The Kier molecular flexibility index (Phi) is 7.46. The summed E-state index contributed by atoms with van der Waals surface area (Å²) < 4.78 is 25.3. The Labute approximate surface area is 81.0 Å². The molecule has 0 N–H and O–H groups in total. The molecule has 76 valence electrons. The molecule has 0 amide bonds. The second-order valence-corrected chi connectivity index (χ2v) is 9.57. The fraction of sp³-hybridized carbons (Fsp3) is 0.833. The third kappa shape index (κ3) is 24.7. The molecule has 0 aliphatic rings. The van der Waals surface area contributed by atoms with Crippen molar-refractivity contribution in [2.75, 3.05) is 13.2 Å². The van der Waals surface area contributed by atoms with Gasteiger partial charge >= 0.3 is 10.6 Å². The Balaban J connectivity index is 0. The molecule has 0 saturated carbocycles. The number of hydrogen-bond acceptors (Lipinski definition) is 5. The van der Waals surface area contributed by atoms with Crippen LogP contribution in [-0.4, -0.2) is 38.8 Å². The molecule has 0 saturated heterocycles. The molecule has 0 aromatic rings. The number of nitrogens with zero attached hydrogens (tertiary/aromatic N) is 2. The van der Waals surface area contributed by atoms with Gasteiger partial charge in [0.15, 0.2) is 6.19 Å². The van der Waals surface area contributed by atoms with E-state index in [0.29, 0.717) is 0 Å². The minimum atomic E-state index is -3.11. The molecule has 0 aromatic heterocycles. The summed E-state index contributed by atoms with van der Waals surface area (Å²) in [6.07, 6.45) is 3.05. The largest absolute Gasteiger partial charge is 0.425 e. The average molecular weight is 222 g/mol. The van der Waals surface area contributed by atoms with Gasteiger partial charge < -0.3 is 4.90 Å². The van der Waals surface area contributed by atoms with Gasteiger partial charge in [-0.05, 0) is 0 Å². The Bertz CT molecular complexity index is 266. The van der Waals surface area contributed by atoms with Crippen molar-refractivity contribution in [1.29, 1.82) is 5.26 Å². The van der Waals surface area contributed by atoms with Crippen LogP contribution >= 0.6 is 0 Å². The fourth-order valence-corrected chi connectivity index (χ4v) is 2.24. The zero-order valence-corrected chi connectivity index (χ0v) is 10.1. The predicted molar refractivity (Wildman–Crippen MR) is 51.3 cm³/mol. The minimum absolute atomic E-state index is 0.962. The van der Waals surface area contributed by atoms with Crippen molar-refractivity contribution in [3.8, 4) is 6.19 Å². The van der Waals surface area contributed by atoms with E-state index < -0.39 is 18.7 Å². The van der Waals surface area contributed by atoms with E-state index >= 15 is 0 Å². The summed E-state index contributed by atoms with van der Waals surface area (Å²) in [5.74, 6) is 0. The molecular weight excluding hydrogens is 208 g/mol. The Hall–Kier alpha value is -0.873. The van der Waals surface area contributed by atoms with E-state index in [9.17, 15) is 0 Å². The van der Waals surface area contributed by atoms with Crippen LogP contribution in [0.5, 0.6) is 0 Å². The highest BCUT2D eigenvalue weighted by molar-refractivity contribution is 7.59. The zero-order valence-electron chi connectivity index (χ0n) is 8.23. The summed E-state index contributed by atoms with van der Waals surface area (Å²) in [7, 11) is -2.32. The van der Waals surface area contributed by atoms with Gasteiger partial charge in [-0.15, -0.1) is 12.6 Å². The summed E-state index contributed by atoms with van der Waals surface area (Å²) in [6, 6.07) is 0. The zero-order chi connectivity index (χ0) is 11.1. The van der Waals surface area contributed by atoms with Gasteiger partial charge in [-0.25, -0.2) is 0 Å². The van der Waals surface area contributed by atoms with Gasteiger partial charge in [0.05, 0.1) is 8.07 Å². The van der Waals surface area contributed by atoms with Crippen LogP contribution in [0.4, 0.5) is 0 Å². The summed E-state index contributed by atoms with van der Waals surface area (Å²) in [6.45, 7) is 6.75. The van der Waals surface area contributed by atoms with Crippen molar-refractivity contribution < 1.29 is 12.6 Å². The normalized spacial score (nSPS) is 9.15. The monoisotopic (exact) mass is 222 g/mol. The van der Waals surface area contributed by atoms with Gasteiger partial charge in [0, 0.05) is 13.2 Å². The Morgan fingerprint density at radius 2 is 1.62 bits per heavy atom. The lowest BCUT2D eigenvalue weighted by Crippen LogP contribution is -2.35. The van der Waals surface area contributed by atoms with E-state index in [1.807, 2.05) is 7.05 Å². The van der Waals surface area contributed by atoms with Crippen LogP contribution in [0, 0.1) is 11.5 Å². The molecule has 0 aliphatic heterocycles. The van der Waals surface area contributed by atoms with Gasteiger partial charge in [0.1, 0.15) is 0 Å². The van der Waals surface area contributed by atoms with Crippen LogP contribution in [0.1, 0.15) is 0 Å². The van der Waals surface area contributed by atoms with E-state index in [1.54, 1.807) is 4.90 Å². The first-order chi connectivity index (χ1) is 5.69. The topological polar surface area (TPSA) is 78.2 Å².